The van der Waals surface area contributed by atoms with Crippen LogP contribution in [0.1, 0.15) is 23.2 Å². The molecule has 0 fully saturated rings. The van der Waals surface area contributed by atoms with Gasteiger partial charge in [-0.05, 0) is 25.0 Å². The summed E-state index contributed by atoms with van der Waals surface area (Å²) in [7, 11) is 0. The quantitative estimate of drug-likeness (QED) is 0.699. The molecule has 6 heteroatoms. The number of nitrogens with one attached hydrogen (secondary N) is 2. The molecular formula is C12H14FN3O2. The highest BCUT2D eigenvalue weighted by atomic mass is 19.1. The van der Waals surface area contributed by atoms with E-state index in [0.29, 0.717) is 24.9 Å². The molecular weight excluding hydrogens is 237 g/mol. The first-order valence-electron chi connectivity index (χ1n) is 5.74. The lowest BCUT2D eigenvalue weighted by atomic mass is 10.1. The number of hydrogen-bond acceptors (Lipinski definition) is 3. The molecule has 1 aromatic carbocycles. The number of fused-ring (bicyclic) bond motifs is 1. The van der Waals surface area contributed by atoms with Gasteiger partial charge in [-0.1, -0.05) is 0 Å². The Bertz CT molecular complexity index is 553. The van der Waals surface area contributed by atoms with Crippen molar-refractivity contribution < 1.29 is 14.3 Å². The first kappa shape index (κ1) is 12.5. The number of imidazole rings is 1. The summed E-state index contributed by atoms with van der Waals surface area (Å²) in [4.78, 5) is 18.3. The molecule has 0 aliphatic heterocycles. The molecule has 0 radical (unpaired) electrons. The minimum absolute atomic E-state index is 0.0152. The maximum atomic E-state index is 13.9. The highest BCUT2D eigenvalue weighted by molar-refractivity contribution is 5.97. The number of aromatic amines is 1. The number of benzene rings is 1. The molecule has 1 amide bonds. The van der Waals surface area contributed by atoms with Gasteiger partial charge in [0.05, 0.1) is 17.4 Å². The van der Waals surface area contributed by atoms with E-state index in [1.165, 1.54) is 12.4 Å². The van der Waals surface area contributed by atoms with E-state index in [0.717, 1.165) is 0 Å². The summed E-state index contributed by atoms with van der Waals surface area (Å²) in [5, 5.41) is 11.2. The van der Waals surface area contributed by atoms with Crippen LogP contribution in [0.4, 0.5) is 4.39 Å². The smallest absolute Gasteiger partial charge is 0.254 e. The molecule has 2 rings (SSSR count). The first-order chi connectivity index (χ1) is 8.74. The normalized spacial score (nSPS) is 10.8. The average molecular weight is 251 g/mol. The monoisotopic (exact) mass is 251 g/mol. The zero-order valence-corrected chi connectivity index (χ0v) is 9.74. The molecule has 96 valence electrons. The third kappa shape index (κ3) is 2.48. The number of aliphatic hydroxyl groups is 1. The van der Waals surface area contributed by atoms with Crippen LogP contribution >= 0.6 is 0 Å². The number of rotatable bonds is 5. The second-order valence-corrected chi connectivity index (χ2v) is 3.91. The molecule has 0 bridgehead atoms. The number of hydrogen-bond donors (Lipinski definition) is 3. The number of unbranched alkanes of at least 4 members (excludes halogenated alkanes) is 1. The van der Waals surface area contributed by atoms with Crippen LogP contribution in [0.15, 0.2) is 18.5 Å². The van der Waals surface area contributed by atoms with Crippen molar-refractivity contribution in [1.29, 1.82) is 0 Å². The summed E-state index contributed by atoms with van der Waals surface area (Å²) in [6.07, 6.45) is 2.66. The highest BCUT2D eigenvalue weighted by Gasteiger charge is 2.15. The molecule has 1 heterocycles. The number of H-pyrrole nitrogens is 1. The molecule has 2 aromatic rings. The maximum absolute atomic E-state index is 13.9. The van der Waals surface area contributed by atoms with Crippen LogP contribution in [0.25, 0.3) is 11.0 Å². The molecule has 0 saturated heterocycles. The molecule has 0 aliphatic carbocycles. The molecule has 18 heavy (non-hydrogen) atoms. The fraction of sp³-hybridized carbons (Fsp3) is 0.333. The summed E-state index contributed by atoms with van der Waals surface area (Å²) in [5.74, 6) is -1.08. The van der Waals surface area contributed by atoms with Gasteiger partial charge in [0.1, 0.15) is 5.52 Å². The van der Waals surface area contributed by atoms with E-state index in [9.17, 15) is 9.18 Å². The Morgan fingerprint density at radius 3 is 3.06 bits per heavy atom. The molecule has 3 N–H and O–H groups in total. The largest absolute Gasteiger partial charge is 0.396 e. The average Bonchev–Trinajstić information content (AvgIpc) is 2.84. The van der Waals surface area contributed by atoms with Gasteiger partial charge in [0.2, 0.25) is 0 Å². The third-order valence-electron chi connectivity index (χ3n) is 2.64. The summed E-state index contributed by atoms with van der Waals surface area (Å²) in [6, 6.07) is 3.05. The Balaban J connectivity index is 2.10. The van der Waals surface area contributed by atoms with Gasteiger partial charge in [-0.3, -0.25) is 4.79 Å². The van der Waals surface area contributed by atoms with Gasteiger partial charge >= 0.3 is 0 Å². The zero-order valence-electron chi connectivity index (χ0n) is 9.74. The van der Waals surface area contributed by atoms with Gasteiger partial charge in [-0.25, -0.2) is 9.37 Å². The van der Waals surface area contributed by atoms with Crippen LogP contribution in [0.2, 0.25) is 0 Å². The van der Waals surface area contributed by atoms with Crippen molar-refractivity contribution in [3.8, 4) is 0 Å². The topological polar surface area (TPSA) is 78.0 Å². The molecule has 0 spiro atoms. The van der Waals surface area contributed by atoms with E-state index in [1.54, 1.807) is 6.07 Å². The lowest BCUT2D eigenvalue weighted by Gasteiger charge is -2.05. The van der Waals surface area contributed by atoms with Crippen LogP contribution < -0.4 is 5.32 Å². The molecule has 0 aliphatic rings. The number of amides is 1. The number of aromatic nitrogens is 2. The van der Waals surface area contributed by atoms with E-state index >= 15 is 0 Å². The van der Waals surface area contributed by atoms with Crippen LogP contribution in [0.3, 0.4) is 0 Å². The zero-order chi connectivity index (χ0) is 13.0. The van der Waals surface area contributed by atoms with E-state index in [2.05, 4.69) is 15.3 Å². The van der Waals surface area contributed by atoms with E-state index < -0.39 is 11.7 Å². The lowest BCUT2D eigenvalue weighted by Crippen LogP contribution is -2.25. The number of nitrogens with zero attached hydrogens (tertiary/aromatic N) is 1. The van der Waals surface area contributed by atoms with E-state index in [-0.39, 0.29) is 17.7 Å². The SMILES string of the molecule is O=C(NCCCCO)c1ccc2[nH]cnc2c1F. The summed E-state index contributed by atoms with van der Waals surface area (Å²) < 4.78 is 13.9. The molecule has 0 saturated carbocycles. The van der Waals surface area contributed by atoms with Crippen LogP contribution in [-0.2, 0) is 0 Å². The van der Waals surface area contributed by atoms with E-state index in [1.807, 2.05) is 0 Å². The summed E-state index contributed by atoms with van der Waals surface area (Å²) in [5.41, 5.74) is 0.709. The summed E-state index contributed by atoms with van der Waals surface area (Å²) in [6.45, 7) is 0.501. The Morgan fingerprint density at radius 1 is 1.44 bits per heavy atom. The lowest BCUT2D eigenvalue weighted by molar-refractivity contribution is 0.0948. The predicted octanol–water partition coefficient (Wildman–Crippen LogP) is 1.20. The second kappa shape index (κ2) is 5.59. The Hall–Kier alpha value is -1.95. The first-order valence-corrected chi connectivity index (χ1v) is 5.74. The minimum atomic E-state index is -0.617. The number of halogens is 1. The molecule has 0 atom stereocenters. The van der Waals surface area contributed by atoms with Gasteiger partial charge in [0.25, 0.3) is 5.91 Å². The van der Waals surface area contributed by atoms with Gasteiger partial charge in [0, 0.05) is 13.2 Å². The van der Waals surface area contributed by atoms with Gasteiger partial charge in [0.15, 0.2) is 5.82 Å². The van der Waals surface area contributed by atoms with Crippen molar-refractivity contribution in [3.63, 3.8) is 0 Å². The Labute approximate surface area is 103 Å². The van der Waals surface area contributed by atoms with E-state index in [4.69, 9.17) is 5.11 Å². The third-order valence-corrected chi connectivity index (χ3v) is 2.64. The summed E-state index contributed by atoms with van der Waals surface area (Å²) >= 11 is 0. The fourth-order valence-corrected chi connectivity index (χ4v) is 1.68. The van der Waals surface area contributed by atoms with Crippen molar-refractivity contribution in [2.24, 2.45) is 0 Å². The second-order valence-electron chi connectivity index (χ2n) is 3.91. The predicted molar refractivity (Wildman–Crippen MR) is 64.7 cm³/mol. The fourth-order valence-electron chi connectivity index (χ4n) is 1.68. The van der Waals surface area contributed by atoms with Crippen molar-refractivity contribution in [3.05, 3.63) is 29.8 Å². The van der Waals surface area contributed by atoms with Gasteiger partial charge < -0.3 is 15.4 Å². The van der Waals surface area contributed by atoms with Crippen molar-refractivity contribution in [2.75, 3.05) is 13.2 Å². The highest BCUT2D eigenvalue weighted by Crippen LogP contribution is 2.17. The Kier molecular flexibility index (Phi) is 3.88. The molecule has 1 aromatic heterocycles. The number of carbonyl (C=O) groups excluding carboxylic acids is 1. The maximum Gasteiger partial charge on any atom is 0.254 e. The minimum Gasteiger partial charge on any atom is -0.396 e. The van der Waals surface area contributed by atoms with Crippen LogP contribution in [0.5, 0.6) is 0 Å². The van der Waals surface area contributed by atoms with Crippen molar-refractivity contribution in [1.82, 2.24) is 15.3 Å². The number of aliphatic hydroxyl groups excluding tert-OH is 1. The molecule has 5 nitrogen and oxygen atoms in total. The van der Waals surface area contributed by atoms with Gasteiger partial charge in [-0.2, -0.15) is 0 Å². The Morgan fingerprint density at radius 2 is 2.28 bits per heavy atom. The standard InChI is InChI=1S/C12H14FN3O2/c13-10-8(12(18)14-5-1-2-6-17)3-4-9-11(10)16-7-15-9/h3-4,7,17H,1-2,5-6H2,(H,14,18)(H,15,16). The van der Waals surface area contributed by atoms with Crippen LogP contribution in [0, 0.1) is 5.82 Å². The molecule has 0 unspecified atom stereocenters. The number of carbonyl (C=O) groups is 1. The van der Waals surface area contributed by atoms with Crippen LogP contribution in [-0.4, -0.2) is 34.1 Å². The van der Waals surface area contributed by atoms with Crippen molar-refractivity contribution in [2.45, 2.75) is 12.8 Å². The van der Waals surface area contributed by atoms with Gasteiger partial charge in [-0.15, -0.1) is 0 Å². The van der Waals surface area contributed by atoms with Crippen molar-refractivity contribution >= 4 is 16.9 Å².